The van der Waals surface area contributed by atoms with E-state index in [4.69, 9.17) is 16.3 Å². The van der Waals surface area contributed by atoms with Crippen LogP contribution in [-0.4, -0.2) is 6.10 Å². The van der Waals surface area contributed by atoms with E-state index >= 15 is 0 Å². The lowest BCUT2D eigenvalue weighted by atomic mass is 9.94. The number of halogens is 1. The van der Waals surface area contributed by atoms with Crippen molar-refractivity contribution in [3.63, 3.8) is 0 Å². The molecule has 0 radical (unpaired) electrons. The van der Waals surface area contributed by atoms with Crippen molar-refractivity contribution in [3.8, 4) is 5.75 Å². The predicted molar refractivity (Wildman–Crippen MR) is 86.2 cm³/mol. The van der Waals surface area contributed by atoms with Gasteiger partial charge in [0.2, 0.25) is 0 Å². The standard InChI is InChI=1S/C19H19ClO/c1-12-8-16-11-15(6-7-18(16)21-12)19(20)17-9-13-4-2-3-5-14(13)10-17/h2-7,11-12,17,19H,8-10H2,1H3. The van der Waals surface area contributed by atoms with E-state index in [9.17, 15) is 0 Å². The normalized spacial score (nSPS) is 21.7. The van der Waals surface area contributed by atoms with Crippen molar-refractivity contribution >= 4 is 11.6 Å². The van der Waals surface area contributed by atoms with E-state index in [1.807, 2.05) is 0 Å². The second-order valence-corrected chi connectivity index (χ2v) is 6.81. The van der Waals surface area contributed by atoms with Crippen LogP contribution in [0.25, 0.3) is 0 Å². The maximum Gasteiger partial charge on any atom is 0.123 e. The molecule has 0 bridgehead atoms. The Labute approximate surface area is 130 Å². The summed E-state index contributed by atoms with van der Waals surface area (Å²) in [6, 6.07) is 15.2. The van der Waals surface area contributed by atoms with Gasteiger partial charge in [0.05, 0.1) is 5.38 Å². The van der Waals surface area contributed by atoms with E-state index in [0.717, 1.165) is 25.0 Å². The van der Waals surface area contributed by atoms with Gasteiger partial charge in [-0.25, -0.2) is 0 Å². The first-order chi connectivity index (χ1) is 10.2. The topological polar surface area (TPSA) is 9.23 Å². The molecular weight excluding hydrogens is 280 g/mol. The van der Waals surface area contributed by atoms with Crippen LogP contribution in [0.1, 0.15) is 34.6 Å². The lowest BCUT2D eigenvalue weighted by Gasteiger charge is -2.17. The molecule has 2 aromatic rings. The van der Waals surface area contributed by atoms with Crippen LogP contribution in [0.3, 0.4) is 0 Å². The largest absolute Gasteiger partial charge is 0.490 e. The molecule has 2 unspecified atom stereocenters. The zero-order valence-corrected chi connectivity index (χ0v) is 12.9. The zero-order valence-electron chi connectivity index (χ0n) is 12.2. The van der Waals surface area contributed by atoms with Crippen LogP contribution < -0.4 is 4.74 Å². The van der Waals surface area contributed by atoms with E-state index in [1.54, 1.807) is 0 Å². The second-order valence-electron chi connectivity index (χ2n) is 6.34. The number of alkyl halides is 1. The third-order valence-electron chi connectivity index (χ3n) is 4.73. The molecule has 2 atom stereocenters. The Morgan fingerprint density at radius 3 is 2.43 bits per heavy atom. The highest BCUT2D eigenvalue weighted by molar-refractivity contribution is 6.21. The average Bonchev–Trinajstić information content (AvgIpc) is 3.07. The number of ether oxygens (including phenoxy) is 1. The predicted octanol–water partition coefficient (Wildman–Crippen LogP) is 4.70. The molecule has 1 heterocycles. The first kappa shape index (κ1) is 13.2. The van der Waals surface area contributed by atoms with Crippen LogP contribution in [0.15, 0.2) is 42.5 Å². The summed E-state index contributed by atoms with van der Waals surface area (Å²) in [5.74, 6) is 1.53. The quantitative estimate of drug-likeness (QED) is 0.730. The van der Waals surface area contributed by atoms with Crippen LogP contribution in [0, 0.1) is 5.92 Å². The van der Waals surface area contributed by atoms with Crippen molar-refractivity contribution < 1.29 is 4.74 Å². The summed E-state index contributed by atoms with van der Waals surface area (Å²) in [5.41, 5.74) is 5.48. The maximum absolute atomic E-state index is 6.80. The lowest BCUT2D eigenvalue weighted by molar-refractivity contribution is 0.254. The molecule has 0 saturated heterocycles. The molecule has 2 heteroatoms. The fourth-order valence-electron chi connectivity index (χ4n) is 3.69. The van der Waals surface area contributed by atoms with Gasteiger partial charge in [-0.15, -0.1) is 11.6 Å². The summed E-state index contributed by atoms with van der Waals surface area (Å²) < 4.78 is 5.77. The highest BCUT2D eigenvalue weighted by Gasteiger charge is 2.29. The van der Waals surface area contributed by atoms with E-state index in [2.05, 4.69) is 49.4 Å². The van der Waals surface area contributed by atoms with Crippen LogP contribution >= 0.6 is 11.6 Å². The Hall–Kier alpha value is -1.47. The van der Waals surface area contributed by atoms with Gasteiger partial charge >= 0.3 is 0 Å². The van der Waals surface area contributed by atoms with Gasteiger partial charge in [-0.05, 0) is 54.0 Å². The summed E-state index contributed by atoms with van der Waals surface area (Å²) in [6.07, 6.45) is 3.47. The second kappa shape index (κ2) is 5.06. The summed E-state index contributed by atoms with van der Waals surface area (Å²) in [5, 5.41) is 0.0820. The molecule has 0 N–H and O–H groups in total. The minimum atomic E-state index is 0.0820. The SMILES string of the molecule is CC1Cc2cc(C(Cl)C3Cc4ccccc4C3)ccc2O1. The summed E-state index contributed by atoms with van der Waals surface area (Å²) >= 11 is 6.80. The molecule has 0 fully saturated rings. The number of fused-ring (bicyclic) bond motifs is 2. The van der Waals surface area contributed by atoms with Crippen LogP contribution in [0.2, 0.25) is 0 Å². The monoisotopic (exact) mass is 298 g/mol. The lowest BCUT2D eigenvalue weighted by Crippen LogP contribution is -2.08. The minimum Gasteiger partial charge on any atom is -0.490 e. The fourth-order valence-corrected chi connectivity index (χ4v) is 4.00. The number of rotatable bonds is 2. The molecule has 108 valence electrons. The number of benzene rings is 2. The van der Waals surface area contributed by atoms with Gasteiger partial charge in [0, 0.05) is 6.42 Å². The van der Waals surface area contributed by atoms with Crippen molar-refractivity contribution in [3.05, 3.63) is 64.7 Å². The van der Waals surface area contributed by atoms with Crippen molar-refractivity contribution in [1.82, 2.24) is 0 Å². The van der Waals surface area contributed by atoms with Crippen molar-refractivity contribution in [2.75, 3.05) is 0 Å². The first-order valence-corrected chi connectivity index (χ1v) is 8.14. The van der Waals surface area contributed by atoms with Crippen LogP contribution in [0.5, 0.6) is 5.75 Å². The van der Waals surface area contributed by atoms with E-state index in [1.165, 1.54) is 22.3 Å². The van der Waals surface area contributed by atoms with E-state index in [0.29, 0.717) is 12.0 Å². The molecule has 0 saturated carbocycles. The Kier molecular flexibility index (Phi) is 3.19. The molecule has 0 aromatic heterocycles. The van der Waals surface area contributed by atoms with Gasteiger partial charge in [-0.2, -0.15) is 0 Å². The third kappa shape index (κ3) is 2.34. The Bertz CT molecular complexity index is 654. The highest BCUT2D eigenvalue weighted by Crippen LogP contribution is 2.41. The summed E-state index contributed by atoms with van der Waals surface area (Å²) in [6.45, 7) is 2.12. The van der Waals surface area contributed by atoms with Gasteiger partial charge in [0.1, 0.15) is 11.9 Å². The molecule has 1 aliphatic heterocycles. The first-order valence-electron chi connectivity index (χ1n) is 7.71. The van der Waals surface area contributed by atoms with Crippen LogP contribution in [0.4, 0.5) is 0 Å². The summed E-state index contributed by atoms with van der Waals surface area (Å²) in [4.78, 5) is 0. The molecule has 0 amide bonds. The van der Waals surface area contributed by atoms with E-state index < -0.39 is 0 Å². The van der Waals surface area contributed by atoms with Gasteiger partial charge < -0.3 is 4.74 Å². The number of hydrogen-bond donors (Lipinski definition) is 0. The smallest absolute Gasteiger partial charge is 0.123 e. The molecular formula is C19H19ClO. The molecule has 21 heavy (non-hydrogen) atoms. The summed E-state index contributed by atoms with van der Waals surface area (Å²) in [7, 11) is 0. The Morgan fingerprint density at radius 2 is 1.71 bits per heavy atom. The molecule has 1 nitrogen and oxygen atoms in total. The minimum absolute atomic E-state index is 0.0820. The van der Waals surface area contributed by atoms with Gasteiger partial charge in [0.25, 0.3) is 0 Å². The number of hydrogen-bond acceptors (Lipinski definition) is 1. The molecule has 0 spiro atoms. The molecule has 2 aliphatic rings. The molecule has 4 rings (SSSR count). The molecule has 2 aromatic carbocycles. The Balaban J connectivity index is 1.57. The van der Waals surface area contributed by atoms with Crippen LogP contribution in [-0.2, 0) is 19.3 Å². The highest BCUT2D eigenvalue weighted by atomic mass is 35.5. The fraction of sp³-hybridized carbons (Fsp3) is 0.368. The zero-order chi connectivity index (χ0) is 14.4. The Morgan fingerprint density at radius 1 is 1.00 bits per heavy atom. The molecule has 1 aliphatic carbocycles. The van der Waals surface area contributed by atoms with Gasteiger partial charge in [0.15, 0.2) is 0 Å². The van der Waals surface area contributed by atoms with Crippen molar-refractivity contribution in [2.45, 2.75) is 37.7 Å². The maximum atomic E-state index is 6.80. The van der Waals surface area contributed by atoms with Crippen molar-refractivity contribution in [1.29, 1.82) is 0 Å². The average molecular weight is 299 g/mol. The third-order valence-corrected chi connectivity index (χ3v) is 5.34. The van der Waals surface area contributed by atoms with Gasteiger partial charge in [-0.1, -0.05) is 36.4 Å². The van der Waals surface area contributed by atoms with Crippen molar-refractivity contribution in [2.24, 2.45) is 5.92 Å². The van der Waals surface area contributed by atoms with E-state index in [-0.39, 0.29) is 5.38 Å². The van der Waals surface area contributed by atoms with Gasteiger partial charge in [-0.3, -0.25) is 0 Å².